The van der Waals surface area contributed by atoms with Crippen LogP contribution in [-0.4, -0.2) is 32.7 Å². The fourth-order valence-electron chi connectivity index (χ4n) is 1.22. The lowest BCUT2D eigenvalue weighted by Gasteiger charge is -2.04. The highest BCUT2D eigenvalue weighted by molar-refractivity contribution is 4.91. The zero-order valence-electron chi connectivity index (χ0n) is 9.48. The van der Waals surface area contributed by atoms with Crippen LogP contribution < -0.4 is 5.32 Å². The summed E-state index contributed by atoms with van der Waals surface area (Å²) in [6.07, 6.45) is 3.71. The van der Waals surface area contributed by atoms with Crippen molar-refractivity contribution in [3.8, 4) is 0 Å². The van der Waals surface area contributed by atoms with Crippen LogP contribution in [0.5, 0.6) is 0 Å². The van der Waals surface area contributed by atoms with E-state index in [1.54, 1.807) is 0 Å². The first kappa shape index (κ1) is 12.1. The average Bonchev–Trinajstić information content (AvgIpc) is 2.63. The third-order valence-corrected chi connectivity index (χ3v) is 2.07. The molecule has 0 fully saturated rings. The van der Waals surface area contributed by atoms with Crippen LogP contribution in [0.4, 0.5) is 0 Å². The molecule has 0 spiro atoms. The monoisotopic (exact) mass is 212 g/mol. The molecule has 1 aromatic heterocycles. The van der Waals surface area contributed by atoms with Crippen molar-refractivity contribution in [1.82, 2.24) is 20.3 Å². The van der Waals surface area contributed by atoms with Gasteiger partial charge >= 0.3 is 0 Å². The first-order chi connectivity index (χ1) is 7.22. The molecular formula is C10H20N4O. The summed E-state index contributed by atoms with van der Waals surface area (Å²) < 4.78 is 1.83. The second-order valence-electron chi connectivity index (χ2n) is 3.94. The number of aliphatic hydroxyl groups is 1. The van der Waals surface area contributed by atoms with Crippen molar-refractivity contribution in [3.05, 3.63) is 11.9 Å². The quantitative estimate of drug-likeness (QED) is 0.648. The molecule has 0 aromatic carbocycles. The molecule has 0 atom stereocenters. The van der Waals surface area contributed by atoms with Gasteiger partial charge < -0.3 is 10.4 Å². The Morgan fingerprint density at radius 3 is 2.93 bits per heavy atom. The highest BCUT2D eigenvalue weighted by atomic mass is 16.2. The number of aliphatic hydroxyl groups excluding tert-OH is 1. The second kappa shape index (κ2) is 6.53. The molecule has 86 valence electrons. The van der Waals surface area contributed by atoms with E-state index in [4.69, 9.17) is 5.11 Å². The van der Waals surface area contributed by atoms with Gasteiger partial charge in [0.15, 0.2) is 0 Å². The molecule has 5 heteroatoms. The van der Waals surface area contributed by atoms with E-state index >= 15 is 0 Å². The number of nitrogens with one attached hydrogen (secondary N) is 1. The van der Waals surface area contributed by atoms with Crippen LogP contribution in [-0.2, 0) is 13.1 Å². The molecule has 15 heavy (non-hydrogen) atoms. The fraction of sp³-hybridized carbons (Fsp3) is 0.800. The summed E-state index contributed by atoms with van der Waals surface area (Å²) in [4.78, 5) is 0. The number of unbranched alkanes of at least 4 members (excludes halogenated alkanes) is 1. The lowest BCUT2D eigenvalue weighted by Crippen LogP contribution is -2.21. The lowest BCUT2D eigenvalue weighted by atomic mass is 10.3. The first-order valence-electron chi connectivity index (χ1n) is 5.45. The van der Waals surface area contributed by atoms with Gasteiger partial charge in [0.25, 0.3) is 0 Å². The van der Waals surface area contributed by atoms with E-state index in [-0.39, 0.29) is 6.61 Å². The molecule has 5 nitrogen and oxygen atoms in total. The Balaban J connectivity index is 2.29. The van der Waals surface area contributed by atoms with Gasteiger partial charge in [-0.05, 0) is 12.8 Å². The lowest BCUT2D eigenvalue weighted by molar-refractivity contribution is 0.280. The van der Waals surface area contributed by atoms with Gasteiger partial charge in [0.05, 0.1) is 5.69 Å². The van der Waals surface area contributed by atoms with Crippen molar-refractivity contribution < 1.29 is 5.11 Å². The number of nitrogens with zero attached hydrogens (tertiary/aromatic N) is 3. The fourth-order valence-corrected chi connectivity index (χ4v) is 1.22. The third-order valence-electron chi connectivity index (χ3n) is 2.07. The summed E-state index contributed by atoms with van der Waals surface area (Å²) >= 11 is 0. The largest absolute Gasteiger partial charge is 0.396 e. The maximum Gasteiger partial charge on any atom is 0.0964 e. The molecule has 1 heterocycles. The highest BCUT2D eigenvalue weighted by Gasteiger charge is 2.00. The topological polar surface area (TPSA) is 63.0 Å². The van der Waals surface area contributed by atoms with Crippen molar-refractivity contribution in [2.45, 2.75) is 45.8 Å². The molecule has 0 unspecified atom stereocenters. The van der Waals surface area contributed by atoms with Gasteiger partial charge in [0, 0.05) is 31.9 Å². The Kier molecular flexibility index (Phi) is 5.28. The summed E-state index contributed by atoms with van der Waals surface area (Å²) in [5.74, 6) is 0. The van der Waals surface area contributed by atoms with Crippen LogP contribution in [0.25, 0.3) is 0 Å². The molecule has 0 aliphatic rings. The summed E-state index contributed by atoms with van der Waals surface area (Å²) in [7, 11) is 0. The van der Waals surface area contributed by atoms with Gasteiger partial charge in [-0.2, -0.15) is 0 Å². The first-order valence-corrected chi connectivity index (χ1v) is 5.45. The van der Waals surface area contributed by atoms with Crippen LogP contribution in [0.3, 0.4) is 0 Å². The number of rotatable bonds is 7. The maximum absolute atomic E-state index is 8.64. The Labute approximate surface area is 90.5 Å². The zero-order valence-corrected chi connectivity index (χ0v) is 9.48. The summed E-state index contributed by atoms with van der Waals surface area (Å²) in [6, 6.07) is 0.463. The summed E-state index contributed by atoms with van der Waals surface area (Å²) in [5, 5.41) is 20.0. The van der Waals surface area contributed by atoms with Crippen LogP contribution >= 0.6 is 0 Å². The van der Waals surface area contributed by atoms with E-state index in [0.717, 1.165) is 31.6 Å². The average molecular weight is 212 g/mol. The van der Waals surface area contributed by atoms with E-state index in [1.807, 2.05) is 10.9 Å². The van der Waals surface area contributed by atoms with E-state index in [2.05, 4.69) is 29.5 Å². The van der Waals surface area contributed by atoms with Crippen molar-refractivity contribution in [3.63, 3.8) is 0 Å². The van der Waals surface area contributed by atoms with E-state index < -0.39 is 0 Å². The SMILES string of the molecule is CC(C)NCc1cn(CCCCO)nn1. The minimum Gasteiger partial charge on any atom is -0.396 e. The molecular weight excluding hydrogens is 192 g/mol. The minimum atomic E-state index is 0.246. The molecule has 2 N–H and O–H groups in total. The molecule has 0 bridgehead atoms. The van der Waals surface area contributed by atoms with Crippen molar-refractivity contribution in [1.29, 1.82) is 0 Å². The Bertz CT molecular complexity index is 272. The van der Waals surface area contributed by atoms with Crippen LogP contribution in [0, 0.1) is 0 Å². The van der Waals surface area contributed by atoms with Gasteiger partial charge in [-0.3, -0.25) is 4.68 Å². The number of aryl methyl sites for hydroxylation is 1. The van der Waals surface area contributed by atoms with Crippen LogP contribution in [0.2, 0.25) is 0 Å². The van der Waals surface area contributed by atoms with Gasteiger partial charge in [-0.1, -0.05) is 19.1 Å². The molecule has 0 radical (unpaired) electrons. The van der Waals surface area contributed by atoms with Gasteiger partial charge in [-0.25, -0.2) is 0 Å². The van der Waals surface area contributed by atoms with Crippen LogP contribution in [0.15, 0.2) is 6.20 Å². The number of hydrogen-bond donors (Lipinski definition) is 2. The highest BCUT2D eigenvalue weighted by Crippen LogP contribution is 1.97. The molecule has 0 amide bonds. The molecule has 0 saturated carbocycles. The zero-order chi connectivity index (χ0) is 11.1. The molecule has 0 aliphatic heterocycles. The smallest absolute Gasteiger partial charge is 0.0964 e. The van der Waals surface area contributed by atoms with Crippen LogP contribution in [0.1, 0.15) is 32.4 Å². The predicted octanol–water partition coefficient (Wildman–Crippen LogP) is 0.549. The second-order valence-corrected chi connectivity index (χ2v) is 3.94. The summed E-state index contributed by atoms with van der Waals surface area (Å²) in [5.41, 5.74) is 0.965. The van der Waals surface area contributed by atoms with Crippen molar-refractivity contribution in [2.24, 2.45) is 0 Å². The Morgan fingerprint density at radius 2 is 2.27 bits per heavy atom. The van der Waals surface area contributed by atoms with Crippen molar-refractivity contribution in [2.75, 3.05) is 6.61 Å². The standard InChI is InChI=1S/C10H20N4O/c1-9(2)11-7-10-8-14(13-12-10)5-3-4-6-15/h8-9,11,15H,3-7H2,1-2H3. The summed E-state index contributed by atoms with van der Waals surface area (Å²) in [6.45, 7) is 6.04. The molecule has 0 saturated heterocycles. The number of hydrogen-bond acceptors (Lipinski definition) is 4. The third kappa shape index (κ3) is 4.90. The maximum atomic E-state index is 8.64. The Morgan fingerprint density at radius 1 is 1.47 bits per heavy atom. The normalized spacial score (nSPS) is 11.2. The molecule has 1 aromatic rings. The minimum absolute atomic E-state index is 0.246. The van der Waals surface area contributed by atoms with E-state index in [1.165, 1.54) is 0 Å². The Hall–Kier alpha value is -0.940. The molecule has 1 rings (SSSR count). The van der Waals surface area contributed by atoms with Crippen molar-refractivity contribution >= 4 is 0 Å². The van der Waals surface area contributed by atoms with Gasteiger partial charge in [0.1, 0.15) is 0 Å². The predicted molar refractivity (Wildman–Crippen MR) is 58.3 cm³/mol. The van der Waals surface area contributed by atoms with E-state index in [0.29, 0.717) is 6.04 Å². The number of aromatic nitrogens is 3. The van der Waals surface area contributed by atoms with Gasteiger partial charge in [0.2, 0.25) is 0 Å². The molecule has 0 aliphatic carbocycles. The van der Waals surface area contributed by atoms with Gasteiger partial charge in [-0.15, -0.1) is 5.10 Å². The van der Waals surface area contributed by atoms with E-state index in [9.17, 15) is 0 Å².